The maximum absolute atomic E-state index is 13.3. The average Bonchev–Trinajstić information content (AvgIpc) is 3.39. The van der Waals surface area contributed by atoms with Crippen LogP contribution in [0, 0.1) is 0 Å². The number of hydrogen-bond acceptors (Lipinski definition) is 10. The molecule has 0 aromatic rings. The van der Waals surface area contributed by atoms with Gasteiger partial charge in [-0.05, 0) is 25.7 Å². The van der Waals surface area contributed by atoms with Gasteiger partial charge in [-0.3, -0.25) is 9.59 Å². The van der Waals surface area contributed by atoms with Crippen molar-refractivity contribution in [3.63, 3.8) is 0 Å². The quantitative estimate of drug-likeness (QED) is 0.0195. The summed E-state index contributed by atoms with van der Waals surface area (Å²) in [6.07, 6.45) is 47.0. The molecule has 1 aliphatic heterocycles. The molecule has 8 atom stereocenters. The summed E-state index contributed by atoms with van der Waals surface area (Å²) in [4.78, 5) is 26.5. The summed E-state index contributed by atoms with van der Waals surface area (Å²) < 4.78 is 17.6. The second-order valence-corrected chi connectivity index (χ2v) is 22.2. The lowest BCUT2D eigenvalue weighted by atomic mass is 9.99. The Morgan fingerprint density at radius 1 is 0.521 bits per heavy atom. The maximum Gasteiger partial charge on any atom is 0.306 e. The fraction of sp³-hybridized carbons (Fsp3) is 0.935. The highest BCUT2D eigenvalue weighted by Crippen LogP contribution is 2.26. The molecule has 1 saturated heterocycles. The summed E-state index contributed by atoms with van der Waals surface area (Å²) in [6, 6.07) is -1.01. The van der Waals surface area contributed by atoms with Crippen molar-refractivity contribution in [3.05, 3.63) is 12.2 Å². The predicted molar refractivity (Wildman–Crippen MR) is 301 cm³/mol. The molecule has 0 saturated carbocycles. The first-order valence-corrected chi connectivity index (χ1v) is 31.5. The van der Waals surface area contributed by atoms with Gasteiger partial charge in [0.2, 0.25) is 5.91 Å². The van der Waals surface area contributed by atoms with Crippen LogP contribution in [0.5, 0.6) is 0 Å². The van der Waals surface area contributed by atoms with Crippen molar-refractivity contribution in [2.75, 3.05) is 13.2 Å². The van der Waals surface area contributed by atoms with Crippen LogP contribution in [0.4, 0.5) is 0 Å². The zero-order chi connectivity index (χ0) is 53.3. The lowest BCUT2D eigenvalue weighted by Crippen LogP contribution is -2.61. The Bertz CT molecular complexity index is 1240. The number of ether oxygens (including phenoxy) is 3. The SMILES string of the molecule is CCCCCCCCCCC/C=C/C(O)C(COC1OC(CO)C(O)C(O)C1OC(=O)CCCCCCCCCCCCCCCCCCCCCCCCC)NC(=O)C(O)CCCCCCCCCCCC. The fourth-order valence-corrected chi connectivity index (χ4v) is 10.2. The van der Waals surface area contributed by atoms with E-state index >= 15 is 0 Å². The van der Waals surface area contributed by atoms with Gasteiger partial charge >= 0.3 is 5.97 Å². The number of carbonyl (C=O) groups excluding carboxylic acids is 2. The highest BCUT2D eigenvalue weighted by molar-refractivity contribution is 5.80. The Kier molecular flexibility index (Phi) is 48.7. The Morgan fingerprint density at radius 3 is 1.29 bits per heavy atom. The van der Waals surface area contributed by atoms with Crippen molar-refractivity contribution in [1.82, 2.24) is 5.32 Å². The fourth-order valence-electron chi connectivity index (χ4n) is 10.2. The smallest absolute Gasteiger partial charge is 0.306 e. The van der Waals surface area contributed by atoms with Gasteiger partial charge in [0.15, 0.2) is 12.4 Å². The molecule has 0 aliphatic carbocycles. The van der Waals surface area contributed by atoms with E-state index in [1.165, 1.54) is 205 Å². The van der Waals surface area contributed by atoms with Crippen LogP contribution in [0.15, 0.2) is 12.2 Å². The van der Waals surface area contributed by atoms with Gasteiger partial charge in [0.25, 0.3) is 0 Å². The van der Waals surface area contributed by atoms with Gasteiger partial charge in [-0.1, -0.05) is 290 Å². The number of amides is 1. The molecule has 8 unspecified atom stereocenters. The molecule has 1 fully saturated rings. The highest BCUT2D eigenvalue weighted by Gasteiger charge is 2.47. The van der Waals surface area contributed by atoms with E-state index in [0.29, 0.717) is 19.3 Å². The summed E-state index contributed by atoms with van der Waals surface area (Å²) in [7, 11) is 0. The topological polar surface area (TPSA) is 175 Å². The van der Waals surface area contributed by atoms with Crippen LogP contribution in [0.3, 0.4) is 0 Å². The van der Waals surface area contributed by atoms with E-state index in [1.807, 2.05) is 6.08 Å². The second kappa shape index (κ2) is 51.2. The number of esters is 1. The van der Waals surface area contributed by atoms with Crippen molar-refractivity contribution >= 4 is 11.9 Å². The summed E-state index contributed by atoms with van der Waals surface area (Å²) >= 11 is 0. The van der Waals surface area contributed by atoms with Gasteiger partial charge in [0.05, 0.1) is 25.4 Å². The number of unbranched alkanes of at least 4 members (excludes halogenated alkanes) is 40. The van der Waals surface area contributed by atoms with E-state index < -0.39 is 67.4 Å². The summed E-state index contributed by atoms with van der Waals surface area (Å²) in [5.41, 5.74) is 0. The molecule has 0 bridgehead atoms. The molecule has 1 amide bonds. The first-order chi connectivity index (χ1) is 35.7. The van der Waals surface area contributed by atoms with Crippen LogP contribution < -0.4 is 5.32 Å². The molecule has 1 heterocycles. The largest absolute Gasteiger partial charge is 0.454 e. The van der Waals surface area contributed by atoms with Crippen LogP contribution in [0.25, 0.3) is 0 Å². The molecular weight excluding hydrogens is 919 g/mol. The van der Waals surface area contributed by atoms with E-state index in [-0.39, 0.29) is 13.0 Å². The van der Waals surface area contributed by atoms with Crippen molar-refractivity contribution < 1.29 is 49.3 Å². The number of aliphatic hydroxyl groups is 5. The number of hydrogen-bond donors (Lipinski definition) is 6. The molecule has 0 aromatic carbocycles. The van der Waals surface area contributed by atoms with Gasteiger partial charge in [0.1, 0.15) is 24.4 Å². The Morgan fingerprint density at radius 2 is 0.890 bits per heavy atom. The molecule has 432 valence electrons. The molecule has 0 radical (unpaired) electrons. The minimum Gasteiger partial charge on any atom is -0.454 e. The van der Waals surface area contributed by atoms with Gasteiger partial charge < -0.3 is 45.1 Å². The average molecular weight is 1040 g/mol. The van der Waals surface area contributed by atoms with Crippen molar-refractivity contribution in [1.29, 1.82) is 0 Å². The standard InChI is InChI=1S/C62H119NO10/c1-4-7-10-13-16-19-22-23-24-25-26-27-28-29-30-31-32-33-35-38-41-44-47-50-57(67)73-60-59(69)58(68)56(51-64)72-62(60)71-52-53(54(65)48-45-42-39-37-34-20-17-14-11-8-5-2)63-61(70)55(66)49-46-43-40-36-21-18-15-12-9-6-3/h45,48,53-56,58-60,62,64-66,68-69H,4-44,46-47,49-52H2,1-3H3,(H,63,70)/b48-45+. The number of rotatable bonds is 54. The van der Waals surface area contributed by atoms with E-state index in [2.05, 4.69) is 26.1 Å². The van der Waals surface area contributed by atoms with E-state index in [9.17, 15) is 35.1 Å². The second-order valence-electron chi connectivity index (χ2n) is 22.2. The molecule has 0 spiro atoms. The molecule has 0 aromatic heterocycles. The van der Waals surface area contributed by atoms with E-state index in [1.54, 1.807) is 6.08 Å². The summed E-state index contributed by atoms with van der Waals surface area (Å²) in [5, 5.41) is 56.8. The minimum atomic E-state index is -1.61. The van der Waals surface area contributed by atoms with Gasteiger partial charge in [-0.25, -0.2) is 0 Å². The third-order valence-electron chi connectivity index (χ3n) is 15.2. The van der Waals surface area contributed by atoms with Crippen molar-refractivity contribution in [2.45, 2.75) is 359 Å². The number of aliphatic hydroxyl groups excluding tert-OH is 5. The highest BCUT2D eigenvalue weighted by atomic mass is 16.7. The summed E-state index contributed by atoms with van der Waals surface area (Å²) in [6.45, 7) is 5.79. The third kappa shape index (κ3) is 39.4. The van der Waals surface area contributed by atoms with Gasteiger partial charge in [-0.2, -0.15) is 0 Å². The van der Waals surface area contributed by atoms with Crippen LogP contribution in [-0.2, 0) is 23.8 Å². The Balaban J connectivity index is 2.56. The summed E-state index contributed by atoms with van der Waals surface area (Å²) in [5.74, 6) is -1.18. The zero-order valence-corrected chi connectivity index (χ0v) is 47.8. The van der Waals surface area contributed by atoms with Crippen LogP contribution in [0.1, 0.15) is 310 Å². The lowest BCUT2D eigenvalue weighted by molar-refractivity contribution is -0.305. The van der Waals surface area contributed by atoms with Crippen molar-refractivity contribution in [3.8, 4) is 0 Å². The molecule has 6 N–H and O–H groups in total. The van der Waals surface area contributed by atoms with Crippen molar-refractivity contribution in [2.24, 2.45) is 0 Å². The number of allylic oxidation sites excluding steroid dienone is 1. The number of carbonyl (C=O) groups is 2. The molecule has 1 aliphatic rings. The van der Waals surface area contributed by atoms with Crippen LogP contribution in [-0.4, -0.2) is 99.6 Å². The predicted octanol–water partition coefficient (Wildman–Crippen LogP) is 14.7. The minimum absolute atomic E-state index is 0.132. The van der Waals surface area contributed by atoms with Crippen LogP contribution >= 0.6 is 0 Å². The zero-order valence-electron chi connectivity index (χ0n) is 47.8. The first-order valence-electron chi connectivity index (χ1n) is 31.5. The Labute approximate surface area is 448 Å². The van der Waals surface area contributed by atoms with Gasteiger partial charge in [0, 0.05) is 6.42 Å². The van der Waals surface area contributed by atoms with E-state index in [0.717, 1.165) is 57.8 Å². The third-order valence-corrected chi connectivity index (χ3v) is 15.2. The van der Waals surface area contributed by atoms with Gasteiger partial charge in [-0.15, -0.1) is 0 Å². The maximum atomic E-state index is 13.3. The number of nitrogens with one attached hydrogen (secondary N) is 1. The normalized spacial score (nSPS) is 19.4. The molecule has 1 rings (SSSR count). The Hall–Kier alpha value is -1.60. The lowest BCUT2D eigenvalue weighted by Gasteiger charge is -2.41. The first kappa shape index (κ1) is 69.4. The molecule has 11 heteroatoms. The molecular formula is C62H119NO10. The van der Waals surface area contributed by atoms with Crippen LogP contribution in [0.2, 0.25) is 0 Å². The monoisotopic (exact) mass is 1040 g/mol. The molecule has 73 heavy (non-hydrogen) atoms. The molecule has 11 nitrogen and oxygen atoms in total. The van der Waals surface area contributed by atoms with E-state index in [4.69, 9.17) is 14.2 Å².